The molecule has 0 aromatic rings. The molecule has 1 saturated carbocycles. The van der Waals surface area contributed by atoms with Crippen LogP contribution in [0.5, 0.6) is 0 Å². The molecule has 19 heavy (non-hydrogen) atoms. The summed E-state index contributed by atoms with van der Waals surface area (Å²) in [6.45, 7) is 5.71. The van der Waals surface area contributed by atoms with Crippen LogP contribution in [-0.2, 0) is 14.3 Å². The second-order valence-corrected chi connectivity index (χ2v) is 5.14. The SMILES string of the molecule is C=CCCOC(C)C(=O)NC1(CC(=O)O)CCCC1. The van der Waals surface area contributed by atoms with E-state index in [1.807, 2.05) is 0 Å². The third-order valence-electron chi connectivity index (χ3n) is 3.50. The van der Waals surface area contributed by atoms with E-state index in [0.29, 0.717) is 13.0 Å². The van der Waals surface area contributed by atoms with Gasteiger partial charge in [0.05, 0.1) is 18.6 Å². The van der Waals surface area contributed by atoms with Crippen LogP contribution in [0.2, 0.25) is 0 Å². The van der Waals surface area contributed by atoms with Crippen molar-refractivity contribution in [1.82, 2.24) is 5.32 Å². The van der Waals surface area contributed by atoms with Gasteiger partial charge in [-0.25, -0.2) is 0 Å². The predicted molar refractivity (Wildman–Crippen MR) is 71.8 cm³/mol. The monoisotopic (exact) mass is 269 g/mol. The summed E-state index contributed by atoms with van der Waals surface area (Å²) in [5.41, 5.74) is -0.584. The van der Waals surface area contributed by atoms with Crippen molar-refractivity contribution in [2.75, 3.05) is 6.61 Å². The maximum atomic E-state index is 12.0. The van der Waals surface area contributed by atoms with Gasteiger partial charge in [-0.05, 0) is 26.2 Å². The zero-order chi connectivity index (χ0) is 14.3. The Bertz CT molecular complexity index is 334. The van der Waals surface area contributed by atoms with E-state index in [2.05, 4.69) is 11.9 Å². The lowest BCUT2D eigenvalue weighted by Crippen LogP contribution is -2.51. The van der Waals surface area contributed by atoms with Crippen LogP contribution in [0.15, 0.2) is 12.7 Å². The Morgan fingerprint density at radius 1 is 1.47 bits per heavy atom. The second kappa shape index (κ2) is 7.28. The Kier molecular flexibility index (Phi) is 6.02. The van der Waals surface area contributed by atoms with E-state index in [-0.39, 0.29) is 12.3 Å². The summed E-state index contributed by atoms with van der Waals surface area (Å²) in [7, 11) is 0. The van der Waals surface area contributed by atoms with E-state index in [0.717, 1.165) is 25.7 Å². The lowest BCUT2D eigenvalue weighted by molar-refractivity contribution is -0.140. The van der Waals surface area contributed by atoms with Crippen LogP contribution >= 0.6 is 0 Å². The van der Waals surface area contributed by atoms with Crippen LogP contribution in [0.4, 0.5) is 0 Å². The Balaban J connectivity index is 2.51. The van der Waals surface area contributed by atoms with Crippen LogP contribution in [0.25, 0.3) is 0 Å². The highest BCUT2D eigenvalue weighted by atomic mass is 16.5. The van der Waals surface area contributed by atoms with Crippen molar-refractivity contribution in [3.05, 3.63) is 12.7 Å². The lowest BCUT2D eigenvalue weighted by atomic mass is 9.93. The normalized spacial score (nSPS) is 18.8. The first-order valence-electron chi connectivity index (χ1n) is 6.75. The summed E-state index contributed by atoms with van der Waals surface area (Å²) in [5, 5.41) is 11.9. The summed E-state index contributed by atoms with van der Waals surface area (Å²) in [5.74, 6) is -1.10. The molecule has 5 heteroatoms. The van der Waals surface area contributed by atoms with Gasteiger partial charge in [-0.3, -0.25) is 9.59 Å². The molecule has 0 aromatic heterocycles. The molecule has 1 atom stereocenters. The van der Waals surface area contributed by atoms with Gasteiger partial charge in [0, 0.05) is 0 Å². The third-order valence-corrected chi connectivity index (χ3v) is 3.50. The number of nitrogens with one attached hydrogen (secondary N) is 1. The molecule has 1 rings (SSSR count). The Morgan fingerprint density at radius 2 is 2.11 bits per heavy atom. The average molecular weight is 269 g/mol. The standard InChI is InChI=1S/C14H23NO4/c1-3-4-9-19-11(2)13(18)15-14(10-12(16)17)7-5-6-8-14/h3,11H,1,4-10H2,2H3,(H,15,18)(H,16,17). The van der Waals surface area contributed by atoms with Gasteiger partial charge in [-0.15, -0.1) is 6.58 Å². The maximum absolute atomic E-state index is 12.0. The van der Waals surface area contributed by atoms with Crippen LogP contribution in [-0.4, -0.2) is 35.2 Å². The molecule has 0 aliphatic heterocycles. The number of carboxylic acid groups (broad SMARTS) is 1. The zero-order valence-electron chi connectivity index (χ0n) is 11.5. The van der Waals surface area contributed by atoms with E-state index in [1.165, 1.54) is 0 Å². The van der Waals surface area contributed by atoms with E-state index in [4.69, 9.17) is 9.84 Å². The van der Waals surface area contributed by atoms with Crippen LogP contribution in [0, 0.1) is 0 Å². The molecule has 0 bridgehead atoms. The highest BCUT2D eigenvalue weighted by molar-refractivity contribution is 5.82. The fourth-order valence-electron chi connectivity index (χ4n) is 2.45. The highest BCUT2D eigenvalue weighted by Gasteiger charge is 2.38. The summed E-state index contributed by atoms with van der Waals surface area (Å²) < 4.78 is 5.37. The van der Waals surface area contributed by atoms with Crippen molar-refractivity contribution in [3.63, 3.8) is 0 Å². The van der Waals surface area contributed by atoms with E-state index in [1.54, 1.807) is 13.0 Å². The molecular formula is C14H23NO4. The van der Waals surface area contributed by atoms with Crippen LogP contribution < -0.4 is 5.32 Å². The van der Waals surface area contributed by atoms with Gasteiger partial charge in [-0.1, -0.05) is 18.9 Å². The van der Waals surface area contributed by atoms with Gasteiger partial charge >= 0.3 is 5.97 Å². The molecule has 5 nitrogen and oxygen atoms in total. The minimum absolute atomic E-state index is 0.0158. The minimum Gasteiger partial charge on any atom is -0.481 e. The number of hydrogen-bond donors (Lipinski definition) is 2. The number of rotatable bonds is 8. The summed E-state index contributed by atoms with van der Waals surface area (Å²) in [6, 6.07) is 0. The minimum atomic E-state index is -0.873. The topological polar surface area (TPSA) is 75.6 Å². The molecule has 1 unspecified atom stereocenters. The van der Waals surface area contributed by atoms with Gasteiger partial charge in [0.2, 0.25) is 5.91 Å². The van der Waals surface area contributed by atoms with Gasteiger partial charge in [0.15, 0.2) is 0 Å². The van der Waals surface area contributed by atoms with Gasteiger partial charge in [0.1, 0.15) is 6.10 Å². The molecule has 1 amide bonds. The largest absolute Gasteiger partial charge is 0.481 e. The molecule has 1 aliphatic carbocycles. The average Bonchev–Trinajstić information content (AvgIpc) is 2.76. The molecule has 2 N–H and O–H groups in total. The molecule has 108 valence electrons. The van der Waals surface area contributed by atoms with Crippen molar-refractivity contribution < 1.29 is 19.4 Å². The quantitative estimate of drug-likeness (QED) is 0.521. The first-order chi connectivity index (χ1) is 8.99. The summed E-state index contributed by atoms with van der Waals surface area (Å²) >= 11 is 0. The molecule has 0 aromatic carbocycles. The maximum Gasteiger partial charge on any atom is 0.305 e. The second-order valence-electron chi connectivity index (χ2n) is 5.14. The molecule has 0 radical (unpaired) electrons. The van der Waals surface area contributed by atoms with Crippen LogP contribution in [0.1, 0.15) is 45.4 Å². The molecular weight excluding hydrogens is 246 g/mol. The Hall–Kier alpha value is -1.36. The Morgan fingerprint density at radius 3 is 2.63 bits per heavy atom. The van der Waals surface area contributed by atoms with Crippen molar-refractivity contribution in [2.24, 2.45) is 0 Å². The van der Waals surface area contributed by atoms with Gasteiger partial charge < -0.3 is 15.2 Å². The van der Waals surface area contributed by atoms with Crippen molar-refractivity contribution in [1.29, 1.82) is 0 Å². The van der Waals surface area contributed by atoms with Crippen molar-refractivity contribution >= 4 is 11.9 Å². The first kappa shape index (κ1) is 15.7. The lowest BCUT2D eigenvalue weighted by Gasteiger charge is -2.30. The van der Waals surface area contributed by atoms with Gasteiger partial charge in [-0.2, -0.15) is 0 Å². The molecule has 0 heterocycles. The number of aliphatic carboxylic acids is 1. The smallest absolute Gasteiger partial charge is 0.305 e. The highest BCUT2D eigenvalue weighted by Crippen LogP contribution is 2.32. The van der Waals surface area contributed by atoms with Crippen molar-refractivity contribution in [2.45, 2.75) is 57.1 Å². The number of carbonyl (C=O) groups is 2. The molecule has 1 aliphatic rings. The summed E-state index contributed by atoms with van der Waals surface area (Å²) in [6.07, 6.45) is 5.21. The third kappa shape index (κ3) is 5.03. The number of hydrogen-bond acceptors (Lipinski definition) is 3. The van der Waals surface area contributed by atoms with Crippen LogP contribution in [0.3, 0.4) is 0 Å². The Labute approximate surface area is 114 Å². The summed E-state index contributed by atoms with van der Waals surface area (Å²) in [4.78, 5) is 23.0. The molecule has 0 spiro atoms. The number of carbonyl (C=O) groups excluding carboxylic acids is 1. The first-order valence-corrected chi connectivity index (χ1v) is 6.75. The molecule has 0 saturated heterocycles. The number of ether oxygens (including phenoxy) is 1. The van der Waals surface area contributed by atoms with Gasteiger partial charge in [0.25, 0.3) is 0 Å². The number of carboxylic acids is 1. The fraction of sp³-hybridized carbons (Fsp3) is 0.714. The zero-order valence-corrected chi connectivity index (χ0v) is 11.5. The van der Waals surface area contributed by atoms with E-state index < -0.39 is 17.6 Å². The molecule has 1 fully saturated rings. The fourth-order valence-corrected chi connectivity index (χ4v) is 2.45. The predicted octanol–water partition coefficient (Wildman–Crippen LogP) is 1.87. The van der Waals surface area contributed by atoms with E-state index >= 15 is 0 Å². The van der Waals surface area contributed by atoms with E-state index in [9.17, 15) is 9.59 Å². The van der Waals surface area contributed by atoms with Crippen molar-refractivity contribution in [3.8, 4) is 0 Å². The number of amides is 1.